The van der Waals surface area contributed by atoms with Crippen LogP contribution in [0.25, 0.3) is 0 Å². The van der Waals surface area contributed by atoms with Crippen molar-refractivity contribution in [2.75, 3.05) is 18.2 Å². The third-order valence-corrected chi connectivity index (χ3v) is 7.03. The fourth-order valence-corrected chi connectivity index (χ4v) is 4.99. The Labute approximate surface area is 204 Å². The summed E-state index contributed by atoms with van der Waals surface area (Å²) in [5.41, 5.74) is 7.01. The van der Waals surface area contributed by atoms with Gasteiger partial charge >= 0.3 is 5.97 Å². The van der Waals surface area contributed by atoms with Gasteiger partial charge in [-0.15, -0.1) is 21.5 Å². The molecule has 0 fully saturated rings. The molecular formula is C22H25N5O5S2. The molecule has 0 atom stereocenters. The summed E-state index contributed by atoms with van der Waals surface area (Å²) in [7, 11) is 1.22. The molecule has 34 heavy (non-hydrogen) atoms. The molecule has 3 rings (SSSR count). The van der Waals surface area contributed by atoms with E-state index >= 15 is 0 Å². The second-order valence-corrected chi connectivity index (χ2v) is 9.16. The zero-order chi connectivity index (χ0) is 24.8. The number of carbonyl (C=O) groups excluding carboxylic acids is 3. The van der Waals surface area contributed by atoms with Crippen LogP contribution < -0.4 is 15.8 Å². The van der Waals surface area contributed by atoms with E-state index in [-0.39, 0.29) is 33.7 Å². The molecule has 0 bridgehead atoms. The first kappa shape index (κ1) is 25.2. The highest BCUT2D eigenvalue weighted by Crippen LogP contribution is 2.33. The van der Waals surface area contributed by atoms with Gasteiger partial charge in [0.05, 0.1) is 23.3 Å². The number of thiophene rings is 1. The molecule has 0 radical (unpaired) electrons. The highest BCUT2D eigenvalue weighted by atomic mass is 32.2. The third kappa shape index (κ3) is 5.75. The standard InChI is InChI=1S/C22H25N5O5S2/c1-5-27-15(10-32-14-8-6-12(2)7-9-14)25-26-22(27)33-11-16(28)24-20-17(21(30)31-4)13(3)18(34-20)19(23)29/h6-9H,5,10-11H2,1-4H3,(H2,23,29)(H,24,28). The molecule has 180 valence electrons. The summed E-state index contributed by atoms with van der Waals surface area (Å²) < 4.78 is 12.4. The lowest BCUT2D eigenvalue weighted by Gasteiger charge is -2.09. The summed E-state index contributed by atoms with van der Waals surface area (Å²) in [4.78, 5) is 36.6. The van der Waals surface area contributed by atoms with E-state index in [1.807, 2.05) is 42.7 Å². The van der Waals surface area contributed by atoms with E-state index in [9.17, 15) is 14.4 Å². The summed E-state index contributed by atoms with van der Waals surface area (Å²) in [6.45, 7) is 6.37. The number of rotatable bonds is 10. The smallest absolute Gasteiger partial charge is 0.341 e. The largest absolute Gasteiger partial charge is 0.486 e. The molecule has 2 amide bonds. The van der Waals surface area contributed by atoms with Crippen molar-refractivity contribution in [1.82, 2.24) is 14.8 Å². The highest BCUT2D eigenvalue weighted by molar-refractivity contribution is 7.99. The number of nitrogens with zero attached hydrogens (tertiary/aromatic N) is 3. The van der Waals surface area contributed by atoms with Crippen LogP contribution in [0.15, 0.2) is 29.4 Å². The fourth-order valence-electron chi connectivity index (χ4n) is 3.11. The molecule has 2 heterocycles. The minimum Gasteiger partial charge on any atom is -0.486 e. The van der Waals surface area contributed by atoms with Gasteiger partial charge in [-0.3, -0.25) is 9.59 Å². The number of hydrogen-bond acceptors (Lipinski definition) is 9. The molecule has 3 N–H and O–H groups in total. The van der Waals surface area contributed by atoms with Gasteiger partial charge in [-0.05, 0) is 38.5 Å². The number of ether oxygens (including phenoxy) is 2. The quantitative estimate of drug-likeness (QED) is 0.318. The highest BCUT2D eigenvalue weighted by Gasteiger charge is 2.25. The molecule has 0 spiro atoms. The number of esters is 1. The van der Waals surface area contributed by atoms with Crippen LogP contribution in [-0.2, 0) is 22.7 Å². The Hall–Kier alpha value is -3.38. The van der Waals surface area contributed by atoms with Crippen molar-refractivity contribution >= 4 is 45.9 Å². The van der Waals surface area contributed by atoms with Crippen LogP contribution in [0.2, 0.25) is 0 Å². The molecule has 0 aliphatic rings. The molecule has 3 aromatic rings. The Morgan fingerprint density at radius 2 is 1.88 bits per heavy atom. The van der Waals surface area contributed by atoms with Crippen molar-refractivity contribution in [2.24, 2.45) is 5.73 Å². The first-order chi connectivity index (χ1) is 16.2. The number of aromatic nitrogens is 3. The Balaban J connectivity index is 1.66. The van der Waals surface area contributed by atoms with Crippen molar-refractivity contribution in [3.05, 3.63) is 51.7 Å². The molecule has 0 aliphatic carbocycles. The van der Waals surface area contributed by atoms with Crippen molar-refractivity contribution in [1.29, 1.82) is 0 Å². The first-order valence-electron chi connectivity index (χ1n) is 10.3. The minimum atomic E-state index is -0.682. The maximum absolute atomic E-state index is 12.6. The van der Waals surface area contributed by atoms with Crippen molar-refractivity contribution < 1.29 is 23.9 Å². The van der Waals surface area contributed by atoms with Crippen LogP contribution in [0.3, 0.4) is 0 Å². The first-order valence-corrected chi connectivity index (χ1v) is 12.1. The van der Waals surface area contributed by atoms with Crippen molar-refractivity contribution in [3.63, 3.8) is 0 Å². The molecule has 0 saturated carbocycles. The average Bonchev–Trinajstić information content (AvgIpc) is 3.36. The van der Waals surface area contributed by atoms with Gasteiger partial charge in [0.2, 0.25) is 5.91 Å². The number of thioether (sulfide) groups is 1. The molecule has 1 aromatic carbocycles. The number of methoxy groups -OCH3 is 1. The number of carbonyl (C=O) groups is 3. The Morgan fingerprint density at radius 1 is 1.18 bits per heavy atom. The fraction of sp³-hybridized carbons (Fsp3) is 0.318. The number of nitrogens with two attached hydrogens (primary N) is 1. The molecule has 0 saturated heterocycles. The number of primary amides is 1. The predicted molar refractivity (Wildman–Crippen MR) is 129 cm³/mol. The third-order valence-electron chi connectivity index (χ3n) is 4.84. The van der Waals surface area contributed by atoms with E-state index in [4.69, 9.17) is 15.2 Å². The van der Waals surface area contributed by atoms with Gasteiger partial charge in [-0.1, -0.05) is 29.5 Å². The zero-order valence-corrected chi connectivity index (χ0v) is 20.8. The van der Waals surface area contributed by atoms with Crippen LogP contribution >= 0.6 is 23.1 Å². The van der Waals surface area contributed by atoms with Gasteiger partial charge in [0, 0.05) is 6.54 Å². The van der Waals surface area contributed by atoms with Gasteiger partial charge < -0.3 is 25.1 Å². The van der Waals surface area contributed by atoms with Crippen LogP contribution in [0.5, 0.6) is 5.75 Å². The molecule has 0 aliphatic heterocycles. The van der Waals surface area contributed by atoms with E-state index in [0.717, 1.165) is 22.6 Å². The van der Waals surface area contributed by atoms with Crippen LogP contribution in [0.1, 0.15) is 43.9 Å². The number of anilines is 1. The lowest BCUT2D eigenvalue weighted by atomic mass is 10.1. The van der Waals surface area contributed by atoms with Crippen molar-refractivity contribution in [2.45, 2.75) is 39.1 Å². The van der Waals surface area contributed by atoms with Crippen LogP contribution in [0.4, 0.5) is 5.00 Å². The normalized spacial score (nSPS) is 10.7. The predicted octanol–water partition coefficient (Wildman–Crippen LogP) is 3.17. The van der Waals surface area contributed by atoms with Crippen LogP contribution in [-0.4, -0.2) is 45.4 Å². The Kier molecular flexibility index (Phi) is 8.29. The van der Waals surface area contributed by atoms with Gasteiger partial charge in [0.25, 0.3) is 5.91 Å². The number of amides is 2. The molecule has 0 unspecified atom stereocenters. The van der Waals surface area contributed by atoms with E-state index in [0.29, 0.717) is 23.1 Å². The van der Waals surface area contributed by atoms with E-state index in [1.165, 1.54) is 18.9 Å². The second-order valence-electron chi connectivity index (χ2n) is 7.20. The topological polar surface area (TPSA) is 138 Å². The minimum absolute atomic E-state index is 0.0143. The van der Waals surface area contributed by atoms with Crippen LogP contribution in [0, 0.1) is 13.8 Å². The SMILES string of the molecule is CCn1c(COc2ccc(C)cc2)nnc1SCC(=O)Nc1sc(C(N)=O)c(C)c1C(=O)OC. The van der Waals surface area contributed by atoms with Gasteiger partial charge in [0.1, 0.15) is 17.4 Å². The lowest BCUT2D eigenvalue weighted by molar-refractivity contribution is -0.113. The Morgan fingerprint density at radius 3 is 2.50 bits per heavy atom. The second kappa shape index (κ2) is 11.2. The summed E-state index contributed by atoms with van der Waals surface area (Å²) in [5.74, 6) is -0.338. The molecular weight excluding hydrogens is 478 g/mol. The van der Waals surface area contributed by atoms with E-state index < -0.39 is 11.9 Å². The van der Waals surface area contributed by atoms with Gasteiger partial charge in [-0.25, -0.2) is 4.79 Å². The average molecular weight is 504 g/mol. The van der Waals surface area contributed by atoms with Gasteiger partial charge in [-0.2, -0.15) is 0 Å². The van der Waals surface area contributed by atoms with E-state index in [2.05, 4.69) is 15.5 Å². The van der Waals surface area contributed by atoms with E-state index in [1.54, 1.807) is 6.92 Å². The monoisotopic (exact) mass is 503 g/mol. The molecule has 10 nitrogen and oxygen atoms in total. The van der Waals surface area contributed by atoms with Crippen molar-refractivity contribution in [3.8, 4) is 5.75 Å². The number of benzene rings is 1. The number of aryl methyl sites for hydroxylation is 1. The number of hydrogen-bond donors (Lipinski definition) is 2. The Bertz CT molecular complexity index is 1200. The zero-order valence-electron chi connectivity index (χ0n) is 19.2. The summed E-state index contributed by atoms with van der Waals surface area (Å²) in [5, 5.41) is 11.8. The number of nitrogens with one attached hydrogen (secondary N) is 1. The maximum atomic E-state index is 12.6. The van der Waals surface area contributed by atoms with Gasteiger partial charge in [0.15, 0.2) is 11.0 Å². The molecule has 12 heteroatoms. The summed E-state index contributed by atoms with van der Waals surface area (Å²) >= 11 is 2.14. The maximum Gasteiger partial charge on any atom is 0.341 e. The summed E-state index contributed by atoms with van der Waals surface area (Å²) in [6.07, 6.45) is 0. The molecule has 2 aromatic heterocycles. The summed E-state index contributed by atoms with van der Waals surface area (Å²) in [6, 6.07) is 7.71. The lowest BCUT2D eigenvalue weighted by Crippen LogP contribution is -2.16.